The molecule has 4 aromatic rings. The minimum Gasteiger partial charge on any atom is -0.361 e. The van der Waals surface area contributed by atoms with Crippen LogP contribution >= 0.6 is 0 Å². The minimum absolute atomic E-state index is 0.413. The van der Waals surface area contributed by atoms with Crippen molar-refractivity contribution in [2.45, 2.75) is 46.6 Å². The van der Waals surface area contributed by atoms with Crippen LogP contribution in [0.3, 0.4) is 0 Å². The monoisotopic (exact) mass is 406 g/mol. The van der Waals surface area contributed by atoms with Crippen molar-refractivity contribution in [2.75, 3.05) is 18.4 Å². The lowest BCUT2D eigenvalue weighted by atomic mass is 9.96. The molecule has 0 radical (unpaired) electrons. The fourth-order valence-corrected chi connectivity index (χ4v) is 4.44. The van der Waals surface area contributed by atoms with Gasteiger partial charge in [0.05, 0.1) is 22.4 Å². The summed E-state index contributed by atoms with van der Waals surface area (Å²) in [6, 6.07) is 4.66. The zero-order valence-electron chi connectivity index (χ0n) is 17.7. The summed E-state index contributed by atoms with van der Waals surface area (Å²) in [5.41, 5.74) is 7.58. The summed E-state index contributed by atoms with van der Waals surface area (Å²) in [6.07, 6.45) is 2.16. The van der Waals surface area contributed by atoms with Gasteiger partial charge in [-0.15, -0.1) is 0 Å². The average Bonchev–Trinajstić information content (AvgIpc) is 3.39. The Morgan fingerprint density at radius 1 is 0.933 bits per heavy atom. The molecule has 0 bridgehead atoms. The summed E-state index contributed by atoms with van der Waals surface area (Å²) in [7, 11) is 0. The third-order valence-electron chi connectivity index (χ3n) is 5.89. The molecule has 0 unspecified atom stereocenters. The molecule has 30 heavy (non-hydrogen) atoms. The number of aryl methyl sites for hydroxylation is 4. The second kappa shape index (κ2) is 7.28. The summed E-state index contributed by atoms with van der Waals surface area (Å²) in [4.78, 5) is 8.40. The summed E-state index contributed by atoms with van der Waals surface area (Å²) in [5, 5.41) is 15.3. The molecule has 0 saturated carbocycles. The van der Waals surface area contributed by atoms with Crippen molar-refractivity contribution in [1.29, 1.82) is 0 Å². The lowest BCUT2D eigenvalue weighted by molar-refractivity contribution is 0.393. The molecule has 0 spiro atoms. The van der Waals surface area contributed by atoms with Crippen LogP contribution in [0, 0.1) is 27.7 Å². The van der Waals surface area contributed by atoms with E-state index in [9.17, 15) is 0 Å². The van der Waals surface area contributed by atoms with Crippen LogP contribution < -0.4 is 10.6 Å². The number of fused-ring (bicyclic) bond motifs is 1. The Hall–Kier alpha value is -3.13. The second-order valence-corrected chi connectivity index (χ2v) is 8.07. The molecular formula is C22H26N6O2. The first kappa shape index (κ1) is 18.9. The van der Waals surface area contributed by atoms with E-state index in [1.807, 2.05) is 27.7 Å². The maximum atomic E-state index is 5.46. The zero-order valence-corrected chi connectivity index (χ0v) is 17.7. The molecule has 3 aromatic heterocycles. The topological polar surface area (TPSA) is 105 Å². The highest BCUT2D eigenvalue weighted by Crippen LogP contribution is 2.38. The molecule has 0 atom stereocenters. The van der Waals surface area contributed by atoms with Crippen LogP contribution in [0.2, 0.25) is 0 Å². The van der Waals surface area contributed by atoms with Gasteiger partial charge in [-0.05, 0) is 71.3 Å². The van der Waals surface area contributed by atoms with E-state index in [0.717, 1.165) is 88.1 Å². The second-order valence-electron chi connectivity index (χ2n) is 8.07. The highest BCUT2D eigenvalue weighted by molar-refractivity contribution is 5.98. The van der Waals surface area contributed by atoms with Gasteiger partial charge in [0.1, 0.15) is 11.5 Å². The molecule has 5 rings (SSSR count). The molecular weight excluding hydrogens is 380 g/mol. The van der Waals surface area contributed by atoms with Crippen molar-refractivity contribution in [1.82, 2.24) is 25.6 Å². The Kier molecular flexibility index (Phi) is 4.58. The molecule has 1 saturated heterocycles. The maximum absolute atomic E-state index is 5.46. The van der Waals surface area contributed by atoms with Gasteiger partial charge in [0.15, 0.2) is 0 Å². The minimum atomic E-state index is 0.413. The number of rotatable bonds is 4. The molecule has 156 valence electrons. The number of aromatic nitrogens is 4. The number of piperidine rings is 1. The maximum Gasteiger partial charge on any atom is 0.201 e. The summed E-state index contributed by atoms with van der Waals surface area (Å²) in [5.74, 6) is 2.37. The van der Waals surface area contributed by atoms with E-state index >= 15 is 0 Å². The molecule has 0 aliphatic carbocycles. The molecule has 1 aliphatic heterocycles. The SMILES string of the molecule is Cc1noc(C)c1-c1cc(-c2c(C)noc2C)c2nc(NC3CCNCC3)[nH]c2c1. The summed E-state index contributed by atoms with van der Waals surface area (Å²) >= 11 is 0. The van der Waals surface area contributed by atoms with Gasteiger partial charge in [-0.2, -0.15) is 0 Å². The number of hydrogen-bond acceptors (Lipinski definition) is 7. The van der Waals surface area contributed by atoms with E-state index in [4.69, 9.17) is 14.0 Å². The Bertz CT molecular complexity index is 1170. The van der Waals surface area contributed by atoms with E-state index in [2.05, 4.69) is 38.1 Å². The van der Waals surface area contributed by atoms with E-state index in [1.165, 1.54) is 0 Å². The van der Waals surface area contributed by atoms with Crippen molar-refractivity contribution in [3.63, 3.8) is 0 Å². The van der Waals surface area contributed by atoms with E-state index in [0.29, 0.717) is 6.04 Å². The van der Waals surface area contributed by atoms with Gasteiger partial charge in [-0.25, -0.2) is 4.98 Å². The Morgan fingerprint density at radius 3 is 2.23 bits per heavy atom. The van der Waals surface area contributed by atoms with Crippen LogP contribution in [-0.4, -0.2) is 39.4 Å². The Balaban J connectivity index is 1.68. The van der Waals surface area contributed by atoms with Crippen molar-refractivity contribution in [2.24, 2.45) is 0 Å². The summed E-state index contributed by atoms with van der Waals surface area (Å²) < 4.78 is 10.9. The highest BCUT2D eigenvalue weighted by Gasteiger charge is 2.22. The first-order chi connectivity index (χ1) is 14.5. The molecule has 1 aromatic carbocycles. The number of benzene rings is 1. The highest BCUT2D eigenvalue weighted by atomic mass is 16.5. The molecule has 8 heteroatoms. The van der Waals surface area contributed by atoms with E-state index in [-0.39, 0.29) is 0 Å². The number of imidazole rings is 1. The van der Waals surface area contributed by atoms with E-state index < -0.39 is 0 Å². The number of H-pyrrole nitrogens is 1. The molecule has 4 heterocycles. The van der Waals surface area contributed by atoms with Gasteiger partial charge in [-0.3, -0.25) is 0 Å². The fraction of sp³-hybridized carbons (Fsp3) is 0.409. The van der Waals surface area contributed by atoms with Crippen molar-refractivity contribution < 1.29 is 9.05 Å². The van der Waals surface area contributed by atoms with Crippen LogP contribution in [0.1, 0.15) is 35.7 Å². The molecule has 1 fully saturated rings. The lowest BCUT2D eigenvalue weighted by Gasteiger charge is -2.23. The number of hydrogen-bond donors (Lipinski definition) is 3. The van der Waals surface area contributed by atoms with Crippen LogP contribution in [0.5, 0.6) is 0 Å². The van der Waals surface area contributed by atoms with Crippen molar-refractivity contribution >= 4 is 17.0 Å². The van der Waals surface area contributed by atoms with E-state index in [1.54, 1.807) is 0 Å². The first-order valence-corrected chi connectivity index (χ1v) is 10.4. The van der Waals surface area contributed by atoms with Gasteiger partial charge in [0.25, 0.3) is 0 Å². The quantitative estimate of drug-likeness (QED) is 0.465. The van der Waals surface area contributed by atoms with Gasteiger partial charge >= 0.3 is 0 Å². The van der Waals surface area contributed by atoms with Crippen LogP contribution in [0.15, 0.2) is 21.2 Å². The first-order valence-electron chi connectivity index (χ1n) is 10.4. The number of nitrogens with zero attached hydrogens (tertiary/aromatic N) is 3. The normalized spacial score (nSPS) is 15.2. The Labute approximate surface area is 174 Å². The largest absolute Gasteiger partial charge is 0.361 e. The van der Waals surface area contributed by atoms with Crippen LogP contribution in [0.4, 0.5) is 5.95 Å². The number of aromatic amines is 1. The molecule has 8 nitrogen and oxygen atoms in total. The average molecular weight is 406 g/mol. The van der Waals surface area contributed by atoms with Gasteiger partial charge in [-0.1, -0.05) is 10.3 Å². The number of anilines is 1. The van der Waals surface area contributed by atoms with Gasteiger partial charge in [0.2, 0.25) is 5.95 Å². The molecule has 0 amide bonds. The number of nitrogens with one attached hydrogen (secondary N) is 3. The summed E-state index contributed by atoms with van der Waals surface area (Å²) in [6.45, 7) is 9.84. The lowest BCUT2D eigenvalue weighted by Crippen LogP contribution is -2.35. The smallest absolute Gasteiger partial charge is 0.201 e. The third-order valence-corrected chi connectivity index (χ3v) is 5.89. The Morgan fingerprint density at radius 2 is 1.60 bits per heavy atom. The molecule has 3 N–H and O–H groups in total. The van der Waals surface area contributed by atoms with Gasteiger partial charge < -0.3 is 24.7 Å². The predicted molar refractivity (Wildman–Crippen MR) is 116 cm³/mol. The van der Waals surface area contributed by atoms with Crippen molar-refractivity contribution in [3.8, 4) is 22.3 Å². The van der Waals surface area contributed by atoms with Crippen LogP contribution in [-0.2, 0) is 0 Å². The predicted octanol–water partition coefficient (Wildman–Crippen LogP) is 4.27. The zero-order chi connectivity index (χ0) is 20.8. The molecule has 1 aliphatic rings. The van der Waals surface area contributed by atoms with Crippen molar-refractivity contribution in [3.05, 3.63) is 35.0 Å². The standard InChI is InChI=1S/C22H26N6O2/c1-11-19(13(3)29-27-11)15-9-17(20-12(2)28-30-14(20)4)21-18(10-15)25-22(26-21)24-16-5-7-23-8-6-16/h9-10,16,23H,5-8H2,1-4H3,(H2,24,25,26). The fourth-order valence-electron chi connectivity index (χ4n) is 4.44. The van der Waals surface area contributed by atoms with Gasteiger partial charge in [0, 0.05) is 22.7 Å². The van der Waals surface area contributed by atoms with Crippen LogP contribution in [0.25, 0.3) is 33.3 Å². The third kappa shape index (κ3) is 3.17.